The molecule has 0 atom stereocenters. The van der Waals surface area contributed by atoms with E-state index in [1.54, 1.807) is 12.1 Å². The number of nitrogens with two attached hydrogens (primary N) is 1. The Morgan fingerprint density at radius 1 is 1.14 bits per heavy atom. The van der Waals surface area contributed by atoms with Crippen molar-refractivity contribution in [3.05, 3.63) is 59.4 Å². The molecule has 0 radical (unpaired) electrons. The number of halogens is 1. The zero-order valence-electron chi connectivity index (χ0n) is 11.6. The van der Waals surface area contributed by atoms with Crippen molar-refractivity contribution in [2.45, 2.75) is 24.8 Å². The predicted octanol–water partition coefficient (Wildman–Crippen LogP) is 2.65. The van der Waals surface area contributed by atoms with Crippen molar-refractivity contribution in [1.29, 1.82) is 0 Å². The first kappa shape index (κ1) is 15.5. The molecule has 21 heavy (non-hydrogen) atoms. The van der Waals surface area contributed by atoms with Crippen molar-refractivity contribution in [2.24, 2.45) is 5.73 Å². The average molecular weight is 308 g/mol. The van der Waals surface area contributed by atoms with E-state index in [9.17, 15) is 12.8 Å². The molecule has 2 aromatic carbocycles. The van der Waals surface area contributed by atoms with Crippen LogP contribution in [0, 0.1) is 5.82 Å². The van der Waals surface area contributed by atoms with E-state index in [0.29, 0.717) is 11.3 Å². The molecule has 4 nitrogen and oxygen atoms in total. The summed E-state index contributed by atoms with van der Waals surface area (Å²) in [7, 11) is -3.87. The Labute approximate surface area is 123 Å². The number of anilines is 1. The number of hydrogen-bond acceptors (Lipinski definition) is 3. The van der Waals surface area contributed by atoms with Gasteiger partial charge in [-0.15, -0.1) is 0 Å². The average Bonchev–Trinajstić information content (AvgIpc) is 2.47. The van der Waals surface area contributed by atoms with Gasteiger partial charge in [-0.3, -0.25) is 4.72 Å². The van der Waals surface area contributed by atoms with Gasteiger partial charge in [0.05, 0.1) is 4.90 Å². The first-order valence-electron chi connectivity index (χ1n) is 6.56. The van der Waals surface area contributed by atoms with Crippen molar-refractivity contribution < 1.29 is 12.8 Å². The van der Waals surface area contributed by atoms with Crippen LogP contribution in [0.1, 0.15) is 18.1 Å². The molecule has 0 aliphatic carbocycles. The van der Waals surface area contributed by atoms with E-state index >= 15 is 0 Å². The monoisotopic (exact) mass is 308 g/mol. The summed E-state index contributed by atoms with van der Waals surface area (Å²) < 4.78 is 40.5. The summed E-state index contributed by atoms with van der Waals surface area (Å²) in [6, 6.07) is 10.6. The van der Waals surface area contributed by atoms with Gasteiger partial charge in [-0.05, 0) is 41.8 Å². The van der Waals surface area contributed by atoms with Crippen LogP contribution in [0.3, 0.4) is 0 Å². The molecule has 0 bridgehead atoms. The predicted molar refractivity (Wildman–Crippen MR) is 80.9 cm³/mol. The number of rotatable bonds is 5. The minimum atomic E-state index is -3.87. The van der Waals surface area contributed by atoms with Crippen molar-refractivity contribution in [1.82, 2.24) is 0 Å². The normalized spacial score (nSPS) is 11.4. The highest BCUT2D eigenvalue weighted by atomic mass is 32.2. The van der Waals surface area contributed by atoms with Gasteiger partial charge in [0, 0.05) is 12.2 Å². The third kappa shape index (κ3) is 3.59. The van der Waals surface area contributed by atoms with Crippen LogP contribution in [0.25, 0.3) is 0 Å². The lowest BCUT2D eigenvalue weighted by Gasteiger charge is -2.12. The van der Waals surface area contributed by atoms with Crippen LogP contribution in [-0.4, -0.2) is 8.42 Å². The van der Waals surface area contributed by atoms with Gasteiger partial charge in [0.15, 0.2) is 0 Å². The Kier molecular flexibility index (Phi) is 4.59. The first-order valence-corrected chi connectivity index (χ1v) is 8.05. The van der Waals surface area contributed by atoms with E-state index in [4.69, 9.17) is 5.73 Å². The van der Waals surface area contributed by atoms with Crippen LogP contribution < -0.4 is 10.5 Å². The molecule has 3 N–H and O–H groups in total. The topological polar surface area (TPSA) is 72.2 Å². The van der Waals surface area contributed by atoms with E-state index in [0.717, 1.165) is 18.1 Å². The molecule has 0 aliphatic rings. The second-order valence-electron chi connectivity index (χ2n) is 4.61. The zero-order chi connectivity index (χ0) is 15.5. The van der Waals surface area contributed by atoms with Crippen molar-refractivity contribution in [3.8, 4) is 0 Å². The van der Waals surface area contributed by atoms with Gasteiger partial charge in [0.2, 0.25) is 0 Å². The Bertz CT molecular complexity index is 728. The van der Waals surface area contributed by atoms with Gasteiger partial charge >= 0.3 is 0 Å². The fourth-order valence-corrected chi connectivity index (χ4v) is 3.29. The molecule has 112 valence electrons. The van der Waals surface area contributed by atoms with Gasteiger partial charge in [-0.2, -0.15) is 0 Å². The molecule has 2 aromatic rings. The Balaban J connectivity index is 2.35. The molecular formula is C15H17FN2O2S. The largest absolute Gasteiger partial charge is 0.326 e. The molecule has 0 heterocycles. The maximum Gasteiger partial charge on any atom is 0.262 e. The van der Waals surface area contributed by atoms with E-state index < -0.39 is 15.8 Å². The molecule has 0 amide bonds. The summed E-state index contributed by atoms with van der Waals surface area (Å²) in [6.07, 6.45) is 0.869. The van der Waals surface area contributed by atoms with Gasteiger partial charge < -0.3 is 5.73 Å². The first-order chi connectivity index (χ1) is 9.96. The SMILES string of the molecule is CCc1ccc(NS(=O)(=O)c2cc(F)ccc2CN)cc1. The van der Waals surface area contributed by atoms with Crippen LogP contribution in [0.5, 0.6) is 0 Å². The summed E-state index contributed by atoms with van der Waals surface area (Å²) >= 11 is 0. The van der Waals surface area contributed by atoms with Crippen LogP contribution >= 0.6 is 0 Å². The summed E-state index contributed by atoms with van der Waals surface area (Å²) in [6.45, 7) is 2.03. The van der Waals surface area contributed by atoms with Crippen molar-refractivity contribution in [3.63, 3.8) is 0 Å². The second kappa shape index (κ2) is 6.24. The maximum absolute atomic E-state index is 13.3. The quantitative estimate of drug-likeness (QED) is 0.892. The minimum absolute atomic E-state index is 0.0191. The van der Waals surface area contributed by atoms with Gasteiger partial charge in [-0.1, -0.05) is 25.1 Å². The molecule has 0 aromatic heterocycles. The molecule has 0 saturated carbocycles. The summed E-state index contributed by atoms with van der Waals surface area (Å²) in [5, 5.41) is 0. The Morgan fingerprint density at radius 3 is 2.38 bits per heavy atom. The molecular weight excluding hydrogens is 291 g/mol. The number of benzene rings is 2. The lowest BCUT2D eigenvalue weighted by atomic mass is 10.2. The molecule has 2 rings (SSSR count). The molecule has 0 unspecified atom stereocenters. The summed E-state index contributed by atoms with van der Waals surface area (Å²) in [5.41, 5.74) is 7.42. The van der Waals surface area contributed by atoms with Gasteiger partial charge in [-0.25, -0.2) is 12.8 Å². The molecule has 0 aliphatic heterocycles. The van der Waals surface area contributed by atoms with Crippen LogP contribution in [0.15, 0.2) is 47.4 Å². The molecule has 0 saturated heterocycles. The molecule has 0 fully saturated rings. The van der Waals surface area contributed by atoms with E-state index in [1.165, 1.54) is 12.1 Å². The fourth-order valence-electron chi connectivity index (χ4n) is 1.97. The highest BCUT2D eigenvalue weighted by molar-refractivity contribution is 7.92. The van der Waals surface area contributed by atoms with E-state index in [-0.39, 0.29) is 11.4 Å². The smallest absolute Gasteiger partial charge is 0.262 e. The third-order valence-corrected chi connectivity index (χ3v) is 4.62. The van der Waals surface area contributed by atoms with Crippen LogP contribution in [-0.2, 0) is 23.0 Å². The molecule has 6 heteroatoms. The van der Waals surface area contributed by atoms with Crippen LogP contribution in [0.2, 0.25) is 0 Å². The maximum atomic E-state index is 13.3. The Morgan fingerprint density at radius 2 is 1.81 bits per heavy atom. The van der Waals surface area contributed by atoms with Crippen LogP contribution in [0.4, 0.5) is 10.1 Å². The molecule has 0 spiro atoms. The Hall–Kier alpha value is -1.92. The second-order valence-corrected chi connectivity index (χ2v) is 6.26. The van der Waals surface area contributed by atoms with Crippen molar-refractivity contribution in [2.75, 3.05) is 4.72 Å². The number of aryl methyl sites for hydroxylation is 1. The van der Waals surface area contributed by atoms with Gasteiger partial charge in [0.25, 0.3) is 10.0 Å². The van der Waals surface area contributed by atoms with E-state index in [1.807, 2.05) is 19.1 Å². The highest BCUT2D eigenvalue weighted by Crippen LogP contribution is 2.21. The fraction of sp³-hybridized carbons (Fsp3) is 0.200. The standard InChI is InChI=1S/C15H17FN2O2S/c1-2-11-3-7-14(8-4-11)18-21(19,20)15-9-13(16)6-5-12(15)10-17/h3-9,18H,2,10,17H2,1H3. The number of hydrogen-bond donors (Lipinski definition) is 2. The lowest BCUT2D eigenvalue weighted by molar-refractivity contribution is 0.593. The highest BCUT2D eigenvalue weighted by Gasteiger charge is 2.19. The summed E-state index contributed by atoms with van der Waals surface area (Å²) in [5.74, 6) is -0.617. The zero-order valence-corrected chi connectivity index (χ0v) is 12.5. The number of nitrogens with one attached hydrogen (secondary N) is 1. The minimum Gasteiger partial charge on any atom is -0.326 e. The number of sulfonamides is 1. The summed E-state index contributed by atoms with van der Waals surface area (Å²) in [4.78, 5) is -0.135. The van der Waals surface area contributed by atoms with E-state index in [2.05, 4.69) is 4.72 Å². The van der Waals surface area contributed by atoms with Gasteiger partial charge in [0.1, 0.15) is 5.82 Å². The van der Waals surface area contributed by atoms with Crippen molar-refractivity contribution >= 4 is 15.7 Å². The lowest BCUT2D eigenvalue weighted by Crippen LogP contribution is -2.16. The third-order valence-electron chi connectivity index (χ3n) is 3.15.